The number of carbonyl (C=O) groups excluding carboxylic acids is 1. The Morgan fingerprint density at radius 3 is 2.08 bits per heavy atom. The van der Waals surface area contributed by atoms with Gasteiger partial charge in [0.25, 0.3) is 0 Å². The molecule has 26 heavy (non-hydrogen) atoms. The summed E-state index contributed by atoms with van der Waals surface area (Å²) < 4.78 is 10.3. The zero-order valence-corrected chi connectivity index (χ0v) is 15.9. The first kappa shape index (κ1) is 25.2. The normalized spacial score (nSPS) is 17.3. The van der Waals surface area contributed by atoms with Crippen LogP contribution in [0.1, 0.15) is 58.8 Å². The van der Waals surface area contributed by atoms with Crippen molar-refractivity contribution in [2.24, 2.45) is 5.92 Å². The van der Waals surface area contributed by atoms with E-state index in [4.69, 9.17) is 19.7 Å². The van der Waals surface area contributed by atoms with Crippen molar-refractivity contribution in [3.05, 3.63) is 0 Å². The Balaban J connectivity index is 4.89. The van der Waals surface area contributed by atoms with Crippen molar-refractivity contribution >= 4 is 5.97 Å². The molecule has 156 valence electrons. The summed E-state index contributed by atoms with van der Waals surface area (Å²) in [6.45, 7) is 2.40. The Morgan fingerprint density at radius 1 is 0.885 bits per heavy atom. The molecule has 0 aromatic heterocycles. The lowest BCUT2D eigenvalue weighted by molar-refractivity contribution is -0.220. The van der Waals surface area contributed by atoms with E-state index in [0.29, 0.717) is 12.8 Å². The van der Waals surface area contributed by atoms with Crippen molar-refractivity contribution in [2.75, 3.05) is 19.8 Å². The molecule has 0 aromatic carbocycles. The van der Waals surface area contributed by atoms with E-state index in [0.717, 1.165) is 32.1 Å². The number of aliphatic hydroxyl groups is 5. The van der Waals surface area contributed by atoms with Crippen LogP contribution >= 0.6 is 0 Å². The molecule has 5 unspecified atom stereocenters. The molecule has 0 aliphatic heterocycles. The summed E-state index contributed by atoms with van der Waals surface area (Å²) in [7, 11) is 0. The monoisotopic (exact) mass is 380 g/mol. The van der Waals surface area contributed by atoms with Gasteiger partial charge in [0.1, 0.15) is 12.2 Å². The Morgan fingerprint density at radius 2 is 1.54 bits per heavy atom. The summed E-state index contributed by atoms with van der Waals surface area (Å²) in [5, 5.41) is 47.4. The third-order valence-corrected chi connectivity index (χ3v) is 4.14. The van der Waals surface area contributed by atoms with Gasteiger partial charge < -0.3 is 35.0 Å². The second kappa shape index (κ2) is 15.3. The Bertz CT molecular complexity index is 352. The highest BCUT2D eigenvalue weighted by Crippen LogP contribution is 2.21. The van der Waals surface area contributed by atoms with E-state index in [2.05, 4.69) is 0 Å². The van der Waals surface area contributed by atoms with Gasteiger partial charge >= 0.3 is 5.97 Å². The number of aliphatic hydroxyl groups excluding tert-OH is 5. The molecule has 0 heterocycles. The zero-order chi connectivity index (χ0) is 19.9. The van der Waals surface area contributed by atoms with Gasteiger partial charge in [-0.25, -0.2) is 0 Å². The quantitative estimate of drug-likeness (QED) is 0.147. The van der Waals surface area contributed by atoms with Crippen LogP contribution in [0.15, 0.2) is 0 Å². The molecule has 0 aliphatic carbocycles. The molecule has 0 spiro atoms. The maximum absolute atomic E-state index is 12.5. The first-order chi connectivity index (χ1) is 12.4. The maximum Gasteiger partial charge on any atom is 0.313 e. The summed E-state index contributed by atoms with van der Waals surface area (Å²) in [6, 6.07) is 0. The largest absolute Gasteiger partial charge is 0.432 e. The first-order valence-electron chi connectivity index (χ1n) is 9.49. The third kappa shape index (κ3) is 10.4. The van der Waals surface area contributed by atoms with Crippen molar-refractivity contribution in [2.45, 2.75) is 83.4 Å². The predicted molar refractivity (Wildman–Crippen MR) is 95.2 cm³/mol. The van der Waals surface area contributed by atoms with Crippen LogP contribution < -0.4 is 0 Å². The number of ether oxygens (including phenoxy) is 2. The van der Waals surface area contributed by atoms with Gasteiger partial charge in [0.2, 0.25) is 6.29 Å². The van der Waals surface area contributed by atoms with Crippen molar-refractivity contribution in [1.82, 2.24) is 0 Å². The van der Waals surface area contributed by atoms with Gasteiger partial charge in [0.05, 0.1) is 31.8 Å². The summed E-state index contributed by atoms with van der Waals surface area (Å²) >= 11 is 0. The van der Waals surface area contributed by atoms with Crippen molar-refractivity contribution in [3.63, 3.8) is 0 Å². The summed E-state index contributed by atoms with van der Waals surface area (Å²) in [4.78, 5) is 12.5. The average Bonchev–Trinajstić information content (AvgIpc) is 2.64. The van der Waals surface area contributed by atoms with Crippen LogP contribution in [0.5, 0.6) is 0 Å². The SMILES string of the molecule is CCCCCC(O)C(CCCC)C(=O)OC(OCC(O)CO)C(O)CO. The molecule has 0 saturated heterocycles. The molecule has 0 aliphatic rings. The number of unbranched alkanes of at least 4 members (excludes halogenated alkanes) is 3. The highest BCUT2D eigenvalue weighted by Gasteiger charge is 2.32. The van der Waals surface area contributed by atoms with Gasteiger partial charge in [-0.3, -0.25) is 4.79 Å². The number of hydrogen-bond acceptors (Lipinski definition) is 8. The van der Waals surface area contributed by atoms with Crippen LogP contribution in [0.2, 0.25) is 0 Å². The van der Waals surface area contributed by atoms with E-state index in [9.17, 15) is 20.1 Å². The number of hydrogen-bond donors (Lipinski definition) is 5. The molecular formula is C18H36O8. The van der Waals surface area contributed by atoms with Crippen molar-refractivity contribution in [3.8, 4) is 0 Å². The van der Waals surface area contributed by atoms with E-state index < -0.39 is 49.7 Å². The summed E-state index contributed by atoms with van der Waals surface area (Å²) in [6.07, 6.45) is 0.259. The highest BCUT2D eigenvalue weighted by molar-refractivity contribution is 5.73. The van der Waals surface area contributed by atoms with Gasteiger partial charge in [0, 0.05) is 0 Å². The number of esters is 1. The molecule has 0 aromatic rings. The maximum atomic E-state index is 12.5. The van der Waals surface area contributed by atoms with Gasteiger partial charge in [0.15, 0.2) is 0 Å². The van der Waals surface area contributed by atoms with Crippen LogP contribution in [-0.2, 0) is 14.3 Å². The minimum Gasteiger partial charge on any atom is -0.432 e. The Kier molecular flexibility index (Phi) is 14.9. The summed E-state index contributed by atoms with van der Waals surface area (Å²) in [5.74, 6) is -1.45. The van der Waals surface area contributed by atoms with Crippen LogP contribution in [0, 0.1) is 5.92 Å². The van der Waals surface area contributed by atoms with Crippen LogP contribution in [0.25, 0.3) is 0 Å². The lowest BCUT2D eigenvalue weighted by atomic mass is 9.92. The van der Waals surface area contributed by atoms with E-state index in [1.165, 1.54) is 0 Å². The zero-order valence-electron chi connectivity index (χ0n) is 15.9. The molecule has 0 rings (SSSR count). The van der Waals surface area contributed by atoms with Gasteiger partial charge in [-0.2, -0.15) is 0 Å². The first-order valence-corrected chi connectivity index (χ1v) is 9.49. The molecule has 0 fully saturated rings. The van der Waals surface area contributed by atoms with Gasteiger partial charge in [-0.05, 0) is 12.8 Å². The fourth-order valence-corrected chi connectivity index (χ4v) is 2.47. The highest BCUT2D eigenvalue weighted by atomic mass is 16.7. The minimum absolute atomic E-state index is 0.371. The predicted octanol–water partition coefficient (Wildman–Crippen LogP) is 0.326. The molecular weight excluding hydrogens is 344 g/mol. The Labute approximate surface area is 155 Å². The van der Waals surface area contributed by atoms with E-state index >= 15 is 0 Å². The van der Waals surface area contributed by atoms with Crippen LogP contribution in [-0.4, -0.2) is 75.9 Å². The van der Waals surface area contributed by atoms with Crippen LogP contribution in [0.4, 0.5) is 0 Å². The molecule has 0 radical (unpaired) electrons. The fourth-order valence-electron chi connectivity index (χ4n) is 2.47. The van der Waals surface area contributed by atoms with Crippen molar-refractivity contribution < 1.29 is 39.8 Å². The molecule has 8 heteroatoms. The second-order valence-electron chi connectivity index (χ2n) is 6.54. The minimum atomic E-state index is -1.49. The standard InChI is InChI=1S/C18H36O8/c1-3-5-7-9-15(22)14(8-6-4-2)17(24)26-18(16(23)11-20)25-12-13(21)10-19/h13-16,18-23H,3-12H2,1-2H3. The third-order valence-electron chi connectivity index (χ3n) is 4.14. The van der Waals surface area contributed by atoms with E-state index in [1.54, 1.807) is 0 Å². The van der Waals surface area contributed by atoms with E-state index in [-0.39, 0.29) is 6.61 Å². The van der Waals surface area contributed by atoms with Gasteiger partial charge in [-0.15, -0.1) is 0 Å². The molecule has 5 atom stereocenters. The lowest BCUT2D eigenvalue weighted by Crippen LogP contribution is -2.41. The van der Waals surface area contributed by atoms with Crippen LogP contribution in [0.3, 0.4) is 0 Å². The second-order valence-corrected chi connectivity index (χ2v) is 6.54. The van der Waals surface area contributed by atoms with Crippen molar-refractivity contribution in [1.29, 1.82) is 0 Å². The molecule has 8 nitrogen and oxygen atoms in total. The van der Waals surface area contributed by atoms with E-state index in [1.807, 2.05) is 13.8 Å². The average molecular weight is 380 g/mol. The summed E-state index contributed by atoms with van der Waals surface area (Å²) in [5.41, 5.74) is 0. The number of rotatable bonds is 16. The topological polar surface area (TPSA) is 137 Å². The molecule has 0 bridgehead atoms. The molecule has 0 saturated carbocycles. The molecule has 5 N–H and O–H groups in total. The lowest BCUT2D eigenvalue weighted by Gasteiger charge is -2.27. The van der Waals surface area contributed by atoms with Gasteiger partial charge in [-0.1, -0.05) is 46.0 Å². The number of carbonyl (C=O) groups is 1. The smallest absolute Gasteiger partial charge is 0.313 e. The molecule has 0 amide bonds. The fraction of sp³-hybridized carbons (Fsp3) is 0.944. The Hall–Kier alpha value is -0.770.